The van der Waals surface area contributed by atoms with Crippen LogP contribution in [-0.4, -0.2) is 19.0 Å². The van der Waals surface area contributed by atoms with Gasteiger partial charge in [0.15, 0.2) is 0 Å². The fourth-order valence-corrected chi connectivity index (χ4v) is 1.92. The van der Waals surface area contributed by atoms with Crippen molar-refractivity contribution in [2.75, 3.05) is 13.1 Å². The number of hydrogen-bond donors (Lipinski definition) is 2. The second-order valence-electron chi connectivity index (χ2n) is 3.96. The Morgan fingerprint density at radius 1 is 1.58 bits per heavy atom. The number of amides is 1. The molecule has 3 N–H and O–H groups in total. The summed E-state index contributed by atoms with van der Waals surface area (Å²) in [5.74, 6) is 0.188. The summed E-state index contributed by atoms with van der Waals surface area (Å²) >= 11 is 0. The van der Waals surface area contributed by atoms with Crippen LogP contribution in [0.5, 0.6) is 0 Å². The lowest BCUT2D eigenvalue weighted by atomic mass is 9.71. The van der Waals surface area contributed by atoms with Crippen molar-refractivity contribution in [2.24, 2.45) is 17.1 Å². The molecule has 0 aromatic carbocycles. The SMILES string of the molecule is CC(C)C1(C(N)=O)CCCNC1. The van der Waals surface area contributed by atoms with E-state index in [-0.39, 0.29) is 11.3 Å². The van der Waals surface area contributed by atoms with E-state index in [1.807, 2.05) is 0 Å². The van der Waals surface area contributed by atoms with Crippen LogP contribution in [0.2, 0.25) is 0 Å². The van der Waals surface area contributed by atoms with Crippen LogP contribution in [0.15, 0.2) is 0 Å². The Bertz CT molecular complexity index is 171. The number of rotatable bonds is 2. The number of piperidine rings is 1. The summed E-state index contributed by atoms with van der Waals surface area (Å²) < 4.78 is 0. The van der Waals surface area contributed by atoms with E-state index in [1.165, 1.54) is 0 Å². The molecule has 0 radical (unpaired) electrons. The molecule has 0 aliphatic carbocycles. The normalized spacial score (nSPS) is 30.6. The molecule has 1 aliphatic rings. The van der Waals surface area contributed by atoms with E-state index < -0.39 is 0 Å². The van der Waals surface area contributed by atoms with Crippen LogP contribution < -0.4 is 11.1 Å². The van der Waals surface area contributed by atoms with Gasteiger partial charge in [-0.25, -0.2) is 0 Å². The molecule has 0 aromatic rings. The van der Waals surface area contributed by atoms with Crippen LogP contribution in [0.4, 0.5) is 0 Å². The van der Waals surface area contributed by atoms with E-state index in [0.29, 0.717) is 5.92 Å². The van der Waals surface area contributed by atoms with Gasteiger partial charge in [0, 0.05) is 6.54 Å². The average molecular weight is 170 g/mol. The molecule has 1 rings (SSSR count). The first-order valence-corrected chi connectivity index (χ1v) is 4.60. The molecule has 1 fully saturated rings. The van der Waals surface area contributed by atoms with E-state index in [4.69, 9.17) is 5.73 Å². The van der Waals surface area contributed by atoms with Gasteiger partial charge in [-0.2, -0.15) is 0 Å². The monoisotopic (exact) mass is 170 g/mol. The third-order valence-corrected chi connectivity index (χ3v) is 3.01. The molecule has 1 atom stereocenters. The first-order chi connectivity index (χ1) is 5.59. The Kier molecular flexibility index (Phi) is 2.73. The zero-order valence-corrected chi connectivity index (χ0v) is 7.89. The Labute approximate surface area is 73.7 Å². The van der Waals surface area contributed by atoms with Crippen molar-refractivity contribution in [1.29, 1.82) is 0 Å². The predicted octanol–water partition coefficient (Wildman–Crippen LogP) is 0.498. The zero-order valence-electron chi connectivity index (χ0n) is 7.89. The fraction of sp³-hybridized carbons (Fsp3) is 0.889. The maximum Gasteiger partial charge on any atom is 0.225 e. The molecule has 3 nitrogen and oxygen atoms in total. The van der Waals surface area contributed by atoms with Crippen molar-refractivity contribution in [2.45, 2.75) is 26.7 Å². The van der Waals surface area contributed by atoms with E-state index in [0.717, 1.165) is 25.9 Å². The standard InChI is InChI=1S/C9H18N2O/c1-7(2)9(8(10)12)4-3-5-11-6-9/h7,11H,3-6H2,1-2H3,(H2,10,12). The summed E-state index contributed by atoms with van der Waals surface area (Å²) in [6, 6.07) is 0. The Balaban J connectivity index is 2.77. The van der Waals surface area contributed by atoms with Gasteiger partial charge in [0.1, 0.15) is 0 Å². The molecule has 1 heterocycles. The van der Waals surface area contributed by atoms with E-state index >= 15 is 0 Å². The minimum atomic E-state index is -0.293. The van der Waals surface area contributed by atoms with E-state index in [9.17, 15) is 4.79 Å². The molecule has 0 aromatic heterocycles. The van der Waals surface area contributed by atoms with Crippen LogP contribution in [0.1, 0.15) is 26.7 Å². The van der Waals surface area contributed by atoms with Crippen molar-refractivity contribution >= 4 is 5.91 Å². The highest BCUT2D eigenvalue weighted by atomic mass is 16.1. The van der Waals surface area contributed by atoms with Crippen molar-refractivity contribution in [3.05, 3.63) is 0 Å². The lowest BCUT2D eigenvalue weighted by Crippen LogP contribution is -2.51. The molecule has 1 unspecified atom stereocenters. The van der Waals surface area contributed by atoms with Gasteiger partial charge in [0.25, 0.3) is 0 Å². The third-order valence-electron chi connectivity index (χ3n) is 3.01. The first kappa shape index (κ1) is 9.52. The summed E-state index contributed by atoms with van der Waals surface area (Å²) in [5.41, 5.74) is 5.13. The predicted molar refractivity (Wildman–Crippen MR) is 48.6 cm³/mol. The highest BCUT2D eigenvalue weighted by Crippen LogP contribution is 2.33. The van der Waals surface area contributed by atoms with Gasteiger partial charge >= 0.3 is 0 Å². The molecule has 70 valence electrons. The van der Waals surface area contributed by atoms with Gasteiger partial charge in [-0.3, -0.25) is 4.79 Å². The van der Waals surface area contributed by atoms with Gasteiger partial charge in [-0.05, 0) is 25.3 Å². The lowest BCUT2D eigenvalue weighted by Gasteiger charge is -2.38. The van der Waals surface area contributed by atoms with Gasteiger partial charge in [0.2, 0.25) is 5.91 Å². The number of nitrogens with two attached hydrogens (primary N) is 1. The Morgan fingerprint density at radius 3 is 2.50 bits per heavy atom. The van der Waals surface area contributed by atoms with Gasteiger partial charge in [-0.1, -0.05) is 13.8 Å². The number of carbonyl (C=O) groups excluding carboxylic acids is 1. The molecule has 12 heavy (non-hydrogen) atoms. The second kappa shape index (κ2) is 3.44. The fourth-order valence-electron chi connectivity index (χ4n) is 1.92. The molecular formula is C9H18N2O. The van der Waals surface area contributed by atoms with E-state index in [1.54, 1.807) is 0 Å². The van der Waals surface area contributed by atoms with Crippen LogP contribution >= 0.6 is 0 Å². The minimum Gasteiger partial charge on any atom is -0.369 e. The highest BCUT2D eigenvalue weighted by Gasteiger charge is 2.40. The van der Waals surface area contributed by atoms with Crippen molar-refractivity contribution in [1.82, 2.24) is 5.32 Å². The maximum atomic E-state index is 11.3. The summed E-state index contributed by atoms with van der Waals surface area (Å²) in [7, 11) is 0. The molecule has 0 saturated carbocycles. The number of primary amides is 1. The van der Waals surface area contributed by atoms with Gasteiger partial charge < -0.3 is 11.1 Å². The minimum absolute atomic E-state index is 0.148. The number of hydrogen-bond acceptors (Lipinski definition) is 2. The lowest BCUT2D eigenvalue weighted by molar-refractivity contribution is -0.131. The zero-order chi connectivity index (χ0) is 9.19. The number of nitrogens with one attached hydrogen (secondary N) is 1. The first-order valence-electron chi connectivity index (χ1n) is 4.60. The quantitative estimate of drug-likeness (QED) is 0.634. The molecule has 0 bridgehead atoms. The summed E-state index contributed by atoms with van der Waals surface area (Å²) in [6.07, 6.45) is 1.99. The molecule has 0 spiro atoms. The molecule has 1 aliphatic heterocycles. The summed E-state index contributed by atoms with van der Waals surface area (Å²) in [5, 5.41) is 3.24. The van der Waals surface area contributed by atoms with Crippen LogP contribution in [-0.2, 0) is 4.79 Å². The van der Waals surface area contributed by atoms with Crippen molar-refractivity contribution in [3.63, 3.8) is 0 Å². The number of carbonyl (C=O) groups is 1. The molecule has 3 heteroatoms. The topological polar surface area (TPSA) is 55.1 Å². The van der Waals surface area contributed by atoms with Crippen LogP contribution in [0, 0.1) is 11.3 Å². The third kappa shape index (κ3) is 1.46. The Morgan fingerprint density at radius 2 is 2.25 bits per heavy atom. The van der Waals surface area contributed by atoms with Gasteiger partial charge in [-0.15, -0.1) is 0 Å². The summed E-state index contributed by atoms with van der Waals surface area (Å²) in [4.78, 5) is 11.3. The van der Waals surface area contributed by atoms with Crippen molar-refractivity contribution < 1.29 is 4.79 Å². The largest absolute Gasteiger partial charge is 0.369 e. The Hall–Kier alpha value is -0.570. The smallest absolute Gasteiger partial charge is 0.225 e. The average Bonchev–Trinajstić information content (AvgIpc) is 2.05. The van der Waals surface area contributed by atoms with Gasteiger partial charge in [0.05, 0.1) is 5.41 Å². The van der Waals surface area contributed by atoms with Crippen LogP contribution in [0.25, 0.3) is 0 Å². The maximum absolute atomic E-state index is 11.3. The van der Waals surface area contributed by atoms with Crippen molar-refractivity contribution in [3.8, 4) is 0 Å². The molecule has 1 amide bonds. The van der Waals surface area contributed by atoms with Crippen LogP contribution in [0.3, 0.4) is 0 Å². The second-order valence-corrected chi connectivity index (χ2v) is 3.96. The molecular weight excluding hydrogens is 152 g/mol. The molecule has 1 saturated heterocycles. The highest BCUT2D eigenvalue weighted by molar-refractivity contribution is 5.81. The van der Waals surface area contributed by atoms with E-state index in [2.05, 4.69) is 19.2 Å². The summed E-state index contributed by atoms with van der Waals surface area (Å²) in [6.45, 7) is 5.90.